The van der Waals surface area contributed by atoms with Crippen LogP contribution in [0.3, 0.4) is 0 Å². The Balaban J connectivity index is 1.79. The third kappa shape index (κ3) is 5.21. The highest BCUT2D eigenvalue weighted by atomic mass is 19.4. The van der Waals surface area contributed by atoms with Crippen LogP contribution in [0.15, 0.2) is 66.7 Å². The van der Waals surface area contributed by atoms with Crippen molar-refractivity contribution in [2.75, 3.05) is 10.6 Å². The minimum absolute atomic E-state index is 0.0872. The zero-order valence-electron chi connectivity index (χ0n) is 15.5. The normalized spacial score (nSPS) is 11.1. The third-order valence-electron chi connectivity index (χ3n) is 4.07. The molecule has 30 heavy (non-hydrogen) atoms. The topological polar surface area (TPSA) is 97.1 Å². The van der Waals surface area contributed by atoms with Crippen molar-refractivity contribution < 1.29 is 22.8 Å². The first-order valence-electron chi connectivity index (χ1n) is 8.82. The number of carbonyl (C=O) groups is 2. The molecule has 0 aliphatic carbocycles. The summed E-state index contributed by atoms with van der Waals surface area (Å²) in [5.74, 6) is -1.42. The van der Waals surface area contributed by atoms with Crippen LogP contribution in [-0.4, -0.2) is 16.8 Å². The van der Waals surface area contributed by atoms with Gasteiger partial charge in [0.25, 0.3) is 11.8 Å². The van der Waals surface area contributed by atoms with Gasteiger partial charge in [0.15, 0.2) is 0 Å². The highest BCUT2D eigenvalue weighted by Gasteiger charge is 2.33. The molecule has 0 spiro atoms. The van der Waals surface area contributed by atoms with Crippen LogP contribution in [0.5, 0.6) is 0 Å². The highest BCUT2D eigenvalue weighted by molar-refractivity contribution is 6.08. The van der Waals surface area contributed by atoms with Crippen LogP contribution in [0.2, 0.25) is 0 Å². The molecule has 0 saturated carbocycles. The average molecular weight is 414 g/mol. The van der Waals surface area contributed by atoms with E-state index in [2.05, 4.69) is 15.6 Å². The number of anilines is 2. The summed E-state index contributed by atoms with van der Waals surface area (Å²) in [5, 5.41) is 5.02. The van der Waals surface area contributed by atoms with E-state index in [4.69, 9.17) is 5.73 Å². The lowest BCUT2D eigenvalue weighted by molar-refractivity contribution is -0.141. The number of para-hydroxylation sites is 1. The number of nitrogens with zero attached hydrogens (tertiary/aromatic N) is 1. The quantitative estimate of drug-likeness (QED) is 0.586. The van der Waals surface area contributed by atoms with E-state index in [-0.39, 0.29) is 29.1 Å². The Labute approximate surface area is 169 Å². The summed E-state index contributed by atoms with van der Waals surface area (Å²) < 4.78 is 39.0. The molecular formula is C21H17F3N4O2. The van der Waals surface area contributed by atoms with E-state index >= 15 is 0 Å². The van der Waals surface area contributed by atoms with E-state index in [0.717, 1.165) is 6.07 Å². The van der Waals surface area contributed by atoms with Crippen LogP contribution in [0.4, 0.5) is 24.7 Å². The number of alkyl halides is 3. The van der Waals surface area contributed by atoms with Crippen LogP contribution in [0.1, 0.15) is 32.0 Å². The van der Waals surface area contributed by atoms with Crippen molar-refractivity contribution in [2.45, 2.75) is 12.7 Å². The minimum atomic E-state index is -4.68. The molecule has 2 amide bonds. The monoisotopic (exact) mass is 414 g/mol. The van der Waals surface area contributed by atoms with Gasteiger partial charge < -0.3 is 16.4 Å². The molecule has 0 unspecified atom stereocenters. The number of nitrogens with two attached hydrogens (primary N) is 1. The van der Waals surface area contributed by atoms with Crippen molar-refractivity contribution in [2.24, 2.45) is 5.73 Å². The lowest BCUT2D eigenvalue weighted by Crippen LogP contribution is -2.18. The largest absolute Gasteiger partial charge is 0.433 e. The Morgan fingerprint density at radius 1 is 0.867 bits per heavy atom. The maximum atomic E-state index is 13.0. The smallest absolute Gasteiger partial charge is 0.326 e. The van der Waals surface area contributed by atoms with Crippen LogP contribution in [-0.2, 0) is 12.7 Å². The van der Waals surface area contributed by atoms with Gasteiger partial charge in [-0.3, -0.25) is 9.59 Å². The van der Waals surface area contributed by atoms with Crippen LogP contribution < -0.4 is 16.4 Å². The molecule has 0 aliphatic rings. The van der Waals surface area contributed by atoms with Crippen LogP contribution >= 0.6 is 0 Å². The maximum Gasteiger partial charge on any atom is 0.433 e. The zero-order chi connectivity index (χ0) is 21.7. The molecule has 0 fully saturated rings. The summed E-state index contributed by atoms with van der Waals surface area (Å²) in [7, 11) is 0. The Morgan fingerprint density at radius 3 is 2.10 bits per heavy atom. The second kappa shape index (κ2) is 8.75. The molecule has 2 aromatic carbocycles. The molecule has 0 saturated heterocycles. The predicted octanol–water partition coefficient (Wildman–Crippen LogP) is 4.06. The molecule has 6 nitrogen and oxygen atoms in total. The van der Waals surface area contributed by atoms with Gasteiger partial charge in [-0.25, -0.2) is 4.98 Å². The van der Waals surface area contributed by atoms with Crippen LogP contribution in [0, 0.1) is 0 Å². The fraction of sp³-hybridized carbons (Fsp3) is 0.0952. The number of nitrogens with one attached hydrogen (secondary N) is 2. The standard InChI is InChI=1S/C21H17F3N4O2/c22-21(23,24)17-9-13(12-25)10-18(27-17)28-20(30)15-6-4-5-14(11-15)19(29)26-16-7-2-1-3-8-16/h1-11H,12,25H2,(H,26,29)(H,27,28,30). The number of amides is 2. The fourth-order valence-electron chi connectivity index (χ4n) is 2.63. The molecule has 0 radical (unpaired) electrons. The van der Waals surface area contributed by atoms with Gasteiger partial charge in [-0.15, -0.1) is 0 Å². The molecule has 1 aromatic heterocycles. The van der Waals surface area contributed by atoms with E-state index in [1.165, 1.54) is 30.3 Å². The summed E-state index contributed by atoms with van der Waals surface area (Å²) in [6.07, 6.45) is -4.68. The molecule has 0 aliphatic heterocycles. The summed E-state index contributed by atoms with van der Waals surface area (Å²) in [6, 6.07) is 16.6. The van der Waals surface area contributed by atoms with E-state index in [9.17, 15) is 22.8 Å². The molecule has 3 rings (SSSR count). The number of benzene rings is 2. The summed E-state index contributed by atoms with van der Waals surface area (Å²) >= 11 is 0. The van der Waals surface area contributed by atoms with E-state index < -0.39 is 23.7 Å². The number of hydrogen-bond acceptors (Lipinski definition) is 4. The lowest BCUT2D eigenvalue weighted by atomic mass is 10.1. The summed E-state index contributed by atoms with van der Waals surface area (Å²) in [6.45, 7) is -0.149. The van der Waals surface area contributed by atoms with Crippen molar-refractivity contribution in [3.05, 3.63) is 89.1 Å². The molecule has 154 valence electrons. The number of hydrogen-bond donors (Lipinski definition) is 3. The summed E-state index contributed by atoms with van der Waals surface area (Å²) in [4.78, 5) is 28.3. The molecule has 0 atom stereocenters. The number of carbonyl (C=O) groups excluding carboxylic acids is 2. The van der Waals surface area contributed by atoms with Gasteiger partial charge in [-0.1, -0.05) is 24.3 Å². The number of pyridine rings is 1. The Bertz CT molecular complexity index is 1070. The van der Waals surface area contributed by atoms with Crippen molar-refractivity contribution in [3.63, 3.8) is 0 Å². The van der Waals surface area contributed by atoms with E-state index in [1.807, 2.05) is 0 Å². The fourth-order valence-corrected chi connectivity index (χ4v) is 2.63. The maximum absolute atomic E-state index is 13.0. The number of halogens is 3. The molecule has 3 aromatic rings. The Morgan fingerprint density at radius 2 is 1.50 bits per heavy atom. The first-order valence-corrected chi connectivity index (χ1v) is 8.82. The second-order valence-electron chi connectivity index (χ2n) is 6.30. The number of rotatable bonds is 5. The van der Waals surface area contributed by atoms with Gasteiger partial charge in [-0.05, 0) is 48.0 Å². The first kappa shape index (κ1) is 21.0. The number of aromatic nitrogens is 1. The molecule has 4 N–H and O–H groups in total. The van der Waals surface area contributed by atoms with Gasteiger partial charge in [0, 0.05) is 23.4 Å². The van der Waals surface area contributed by atoms with Gasteiger partial charge in [0.2, 0.25) is 0 Å². The van der Waals surface area contributed by atoms with Crippen molar-refractivity contribution >= 4 is 23.3 Å². The molecule has 0 bridgehead atoms. The Kier molecular flexibility index (Phi) is 6.12. The SMILES string of the molecule is NCc1cc(NC(=O)c2cccc(C(=O)Nc3ccccc3)c2)nc(C(F)(F)F)c1. The molecule has 9 heteroatoms. The zero-order valence-corrected chi connectivity index (χ0v) is 15.5. The van der Waals surface area contributed by atoms with Crippen molar-refractivity contribution in [1.82, 2.24) is 4.98 Å². The Hall–Kier alpha value is -3.72. The molecule has 1 heterocycles. The van der Waals surface area contributed by atoms with Gasteiger partial charge in [0.05, 0.1) is 0 Å². The van der Waals surface area contributed by atoms with Gasteiger partial charge >= 0.3 is 6.18 Å². The summed E-state index contributed by atoms with van der Waals surface area (Å²) in [5.41, 5.74) is 5.34. The van der Waals surface area contributed by atoms with Crippen LogP contribution in [0.25, 0.3) is 0 Å². The van der Waals surface area contributed by atoms with E-state index in [1.54, 1.807) is 30.3 Å². The lowest BCUT2D eigenvalue weighted by Gasteiger charge is -2.12. The minimum Gasteiger partial charge on any atom is -0.326 e. The molecular weight excluding hydrogens is 397 g/mol. The average Bonchev–Trinajstić information content (AvgIpc) is 2.73. The first-order chi connectivity index (χ1) is 14.3. The third-order valence-corrected chi connectivity index (χ3v) is 4.07. The highest BCUT2D eigenvalue weighted by Crippen LogP contribution is 2.29. The van der Waals surface area contributed by atoms with Crippen molar-refractivity contribution in [3.8, 4) is 0 Å². The second-order valence-corrected chi connectivity index (χ2v) is 6.30. The van der Waals surface area contributed by atoms with E-state index in [0.29, 0.717) is 5.69 Å². The van der Waals surface area contributed by atoms with Crippen molar-refractivity contribution in [1.29, 1.82) is 0 Å². The van der Waals surface area contributed by atoms with Gasteiger partial charge in [-0.2, -0.15) is 13.2 Å². The predicted molar refractivity (Wildman–Crippen MR) is 106 cm³/mol. The van der Waals surface area contributed by atoms with Gasteiger partial charge in [0.1, 0.15) is 11.5 Å².